The Morgan fingerprint density at radius 3 is 1.11 bits per heavy atom. The number of rotatable bonds is 23. The third-order valence-electron chi connectivity index (χ3n) is 13.7. The highest BCUT2D eigenvalue weighted by molar-refractivity contribution is 5.47. The Labute approximate surface area is 346 Å². The summed E-state index contributed by atoms with van der Waals surface area (Å²) in [5, 5.41) is 0. The molecule has 0 saturated heterocycles. The van der Waals surface area contributed by atoms with E-state index in [1.807, 2.05) is 48.5 Å². The molecule has 4 heteroatoms. The number of hydrogen-bond donors (Lipinski definition) is 2. The summed E-state index contributed by atoms with van der Waals surface area (Å²) in [4.78, 5) is 0. The molecular formula is C53H74N2O2. The highest BCUT2D eigenvalue weighted by atomic mass is 16.5. The van der Waals surface area contributed by atoms with Crippen LogP contribution in [0.5, 0.6) is 23.0 Å². The van der Waals surface area contributed by atoms with Gasteiger partial charge < -0.3 is 20.9 Å². The molecule has 0 bridgehead atoms. The molecule has 6 rings (SSSR count). The Hall–Kier alpha value is -3.92. The van der Waals surface area contributed by atoms with Gasteiger partial charge in [-0.1, -0.05) is 160 Å². The number of benzene rings is 4. The van der Waals surface area contributed by atoms with Gasteiger partial charge in [0.15, 0.2) is 0 Å². The molecule has 0 spiro atoms. The SMILES string of the molecule is CCCCCCCCCCCCCCC[C@H]1CC[C@H](CCC2CCC(c3ccc(Oc4ccc(N)cc4)cc3)(c3ccc(Oc4ccc(N)cc4)cc3)CC2)CC1. The normalized spacial score (nSPS) is 18.3. The summed E-state index contributed by atoms with van der Waals surface area (Å²) in [5.74, 6) is 6.05. The first-order valence-electron chi connectivity index (χ1n) is 23.3. The maximum atomic E-state index is 6.18. The summed E-state index contributed by atoms with van der Waals surface area (Å²) < 4.78 is 12.4. The zero-order chi connectivity index (χ0) is 39.5. The monoisotopic (exact) mass is 771 g/mol. The van der Waals surface area contributed by atoms with Crippen LogP contribution in [0, 0.1) is 17.8 Å². The van der Waals surface area contributed by atoms with E-state index in [4.69, 9.17) is 20.9 Å². The van der Waals surface area contributed by atoms with Gasteiger partial charge in [-0.25, -0.2) is 0 Å². The fourth-order valence-corrected chi connectivity index (χ4v) is 9.96. The summed E-state index contributed by atoms with van der Waals surface area (Å²) in [6.07, 6.45) is 33.9. The van der Waals surface area contributed by atoms with Crippen molar-refractivity contribution in [3.8, 4) is 23.0 Å². The maximum Gasteiger partial charge on any atom is 0.127 e. The Morgan fingerprint density at radius 2 is 0.719 bits per heavy atom. The Bertz CT molecular complexity index is 1570. The molecule has 4 nitrogen and oxygen atoms in total. The molecule has 0 heterocycles. The number of anilines is 2. The van der Waals surface area contributed by atoms with Crippen LogP contribution in [0.1, 0.15) is 172 Å². The zero-order valence-corrected chi connectivity index (χ0v) is 35.4. The number of hydrogen-bond acceptors (Lipinski definition) is 4. The minimum Gasteiger partial charge on any atom is -0.457 e. The van der Waals surface area contributed by atoms with Gasteiger partial charge in [-0.2, -0.15) is 0 Å². The van der Waals surface area contributed by atoms with Crippen molar-refractivity contribution in [2.24, 2.45) is 17.8 Å². The lowest BCUT2D eigenvalue weighted by molar-refractivity contribution is 0.208. The lowest BCUT2D eigenvalue weighted by Crippen LogP contribution is -2.33. The quantitative estimate of drug-likeness (QED) is 0.0582. The van der Waals surface area contributed by atoms with Crippen molar-refractivity contribution >= 4 is 11.4 Å². The summed E-state index contributed by atoms with van der Waals surface area (Å²) in [5.41, 5.74) is 16.0. The summed E-state index contributed by atoms with van der Waals surface area (Å²) >= 11 is 0. The average Bonchev–Trinajstić information content (AvgIpc) is 3.24. The van der Waals surface area contributed by atoms with Crippen LogP contribution in [0.2, 0.25) is 0 Å². The molecule has 0 aliphatic heterocycles. The van der Waals surface area contributed by atoms with Crippen molar-refractivity contribution in [2.75, 3.05) is 11.5 Å². The molecule has 2 fully saturated rings. The lowest BCUT2D eigenvalue weighted by atomic mass is 9.62. The highest BCUT2D eigenvalue weighted by Crippen LogP contribution is 2.49. The molecule has 57 heavy (non-hydrogen) atoms. The van der Waals surface area contributed by atoms with Crippen molar-refractivity contribution in [1.29, 1.82) is 0 Å². The second-order valence-electron chi connectivity index (χ2n) is 17.9. The van der Waals surface area contributed by atoms with Crippen LogP contribution < -0.4 is 20.9 Å². The van der Waals surface area contributed by atoms with E-state index in [2.05, 4.69) is 55.5 Å². The topological polar surface area (TPSA) is 70.5 Å². The maximum absolute atomic E-state index is 6.18. The third kappa shape index (κ3) is 13.6. The minimum absolute atomic E-state index is 0.0262. The van der Waals surface area contributed by atoms with Crippen LogP contribution in [0.15, 0.2) is 97.1 Å². The molecule has 2 aliphatic rings. The molecule has 0 radical (unpaired) electrons. The van der Waals surface area contributed by atoms with Gasteiger partial charge in [0.2, 0.25) is 0 Å². The molecule has 4 aromatic carbocycles. The molecule has 0 amide bonds. The van der Waals surface area contributed by atoms with Gasteiger partial charge in [-0.05, 0) is 127 Å². The van der Waals surface area contributed by atoms with Crippen LogP contribution in [0.4, 0.5) is 11.4 Å². The van der Waals surface area contributed by atoms with Crippen molar-refractivity contribution in [1.82, 2.24) is 0 Å². The van der Waals surface area contributed by atoms with E-state index in [0.717, 1.165) is 52.1 Å². The van der Waals surface area contributed by atoms with Crippen molar-refractivity contribution in [3.05, 3.63) is 108 Å². The van der Waals surface area contributed by atoms with Gasteiger partial charge in [-0.3, -0.25) is 0 Å². The molecule has 2 aliphatic carbocycles. The first kappa shape index (κ1) is 42.7. The van der Waals surface area contributed by atoms with Crippen LogP contribution in [0.25, 0.3) is 0 Å². The Balaban J connectivity index is 0.941. The molecule has 4 N–H and O–H groups in total. The summed E-state index contributed by atoms with van der Waals surface area (Å²) in [6.45, 7) is 2.31. The second kappa shape index (κ2) is 22.9. The number of ether oxygens (including phenoxy) is 2. The van der Waals surface area contributed by atoms with Crippen LogP contribution in [0.3, 0.4) is 0 Å². The molecular weight excluding hydrogens is 697 g/mol. The van der Waals surface area contributed by atoms with Gasteiger partial charge >= 0.3 is 0 Å². The fraction of sp³-hybridized carbons (Fsp3) is 0.547. The van der Waals surface area contributed by atoms with Crippen molar-refractivity contribution in [3.63, 3.8) is 0 Å². The third-order valence-corrected chi connectivity index (χ3v) is 13.7. The van der Waals surface area contributed by atoms with E-state index < -0.39 is 0 Å². The van der Waals surface area contributed by atoms with Gasteiger partial charge in [0.1, 0.15) is 23.0 Å². The number of unbranched alkanes of at least 4 members (excludes halogenated alkanes) is 12. The second-order valence-corrected chi connectivity index (χ2v) is 17.9. The van der Waals surface area contributed by atoms with Gasteiger partial charge in [0.25, 0.3) is 0 Å². The van der Waals surface area contributed by atoms with Gasteiger partial charge in [0.05, 0.1) is 0 Å². The van der Waals surface area contributed by atoms with Gasteiger partial charge in [-0.15, -0.1) is 0 Å². The standard InChI is InChI=1S/C53H74N2O2/c1-2-3-4-5-6-7-8-9-10-11-12-13-14-15-42-16-18-43(19-17-42)20-21-44-38-40-53(41-39-44,45-22-30-49(31-23-45)56-51-34-26-47(54)27-35-51)46-24-32-50(33-25-46)57-52-36-28-48(55)29-37-52/h22-37,42-44H,2-21,38-41,54-55H2,1H3/t42-,43-. The Kier molecular flexibility index (Phi) is 17.1. The summed E-state index contributed by atoms with van der Waals surface area (Å²) in [6, 6.07) is 32.9. The van der Waals surface area contributed by atoms with E-state index in [9.17, 15) is 0 Å². The predicted molar refractivity (Wildman–Crippen MR) is 242 cm³/mol. The number of nitrogen functional groups attached to an aromatic ring is 2. The first-order valence-corrected chi connectivity index (χ1v) is 23.3. The fourth-order valence-electron chi connectivity index (χ4n) is 9.96. The molecule has 2 saturated carbocycles. The van der Waals surface area contributed by atoms with E-state index in [-0.39, 0.29) is 5.41 Å². The molecule has 0 unspecified atom stereocenters. The van der Waals surface area contributed by atoms with E-state index in [1.165, 1.54) is 165 Å². The van der Waals surface area contributed by atoms with Crippen molar-refractivity contribution < 1.29 is 9.47 Å². The van der Waals surface area contributed by atoms with Crippen LogP contribution in [-0.2, 0) is 5.41 Å². The van der Waals surface area contributed by atoms with Crippen LogP contribution in [-0.4, -0.2) is 0 Å². The predicted octanol–water partition coefficient (Wildman–Crippen LogP) is 16.0. The first-order chi connectivity index (χ1) is 28.0. The van der Waals surface area contributed by atoms with E-state index >= 15 is 0 Å². The molecule has 0 aromatic heterocycles. The lowest BCUT2D eigenvalue weighted by Gasteiger charge is -2.42. The highest BCUT2D eigenvalue weighted by Gasteiger charge is 2.38. The van der Waals surface area contributed by atoms with Crippen molar-refractivity contribution in [2.45, 2.75) is 166 Å². The zero-order valence-electron chi connectivity index (χ0n) is 35.4. The molecule has 0 atom stereocenters. The van der Waals surface area contributed by atoms with E-state index in [0.29, 0.717) is 0 Å². The van der Waals surface area contributed by atoms with Crippen LogP contribution >= 0.6 is 0 Å². The van der Waals surface area contributed by atoms with Gasteiger partial charge in [0, 0.05) is 16.8 Å². The Morgan fingerprint density at radius 1 is 0.404 bits per heavy atom. The minimum atomic E-state index is -0.0262. The average molecular weight is 771 g/mol. The smallest absolute Gasteiger partial charge is 0.127 e. The van der Waals surface area contributed by atoms with E-state index in [1.54, 1.807) is 0 Å². The largest absolute Gasteiger partial charge is 0.457 e. The number of nitrogens with two attached hydrogens (primary N) is 2. The molecule has 308 valence electrons. The summed E-state index contributed by atoms with van der Waals surface area (Å²) in [7, 11) is 0. The molecule has 4 aromatic rings.